The van der Waals surface area contributed by atoms with Crippen molar-refractivity contribution in [1.82, 2.24) is 9.88 Å². The zero-order valence-corrected chi connectivity index (χ0v) is 29.3. The highest BCUT2D eigenvalue weighted by Gasteiger charge is 2.58. The predicted molar refractivity (Wildman–Crippen MR) is 179 cm³/mol. The molecule has 3 aliphatic rings. The molecular formula is C30H38I2N4O4S. The number of fused-ring (bicyclic) bond motifs is 5. The van der Waals surface area contributed by atoms with Crippen molar-refractivity contribution in [2.45, 2.75) is 70.8 Å². The van der Waals surface area contributed by atoms with Crippen LogP contribution in [0.5, 0.6) is 0 Å². The molecule has 3 aliphatic carbocycles. The fourth-order valence-corrected chi connectivity index (χ4v) is 11.3. The molecule has 0 radical (unpaired) electrons. The van der Waals surface area contributed by atoms with E-state index >= 15 is 0 Å². The third kappa shape index (κ3) is 5.81. The molecule has 6 atom stereocenters. The smallest absolute Gasteiger partial charge is 0.325 e. The van der Waals surface area contributed by atoms with Gasteiger partial charge in [0.15, 0.2) is 5.13 Å². The molecule has 222 valence electrons. The Morgan fingerprint density at radius 1 is 1.34 bits per heavy atom. The Balaban J connectivity index is 1.44. The van der Waals surface area contributed by atoms with Crippen molar-refractivity contribution in [2.75, 3.05) is 26.5 Å². The first-order valence-electron chi connectivity index (χ1n) is 14.2. The molecule has 2 N–H and O–H groups in total. The zero-order chi connectivity index (χ0) is 29.6. The van der Waals surface area contributed by atoms with Crippen LogP contribution < -0.4 is 5.32 Å². The Bertz CT molecular complexity index is 1380. The van der Waals surface area contributed by atoms with Gasteiger partial charge >= 0.3 is 5.97 Å². The number of halogens is 2. The largest absolute Gasteiger partial charge is 0.480 e. The molecule has 1 heterocycles. The molecule has 2 aromatic rings. The number of carbonyl (C=O) groups is 2. The molecule has 0 spiro atoms. The second-order valence-corrected chi connectivity index (χ2v) is 15.7. The van der Waals surface area contributed by atoms with E-state index < -0.39 is 12.0 Å². The van der Waals surface area contributed by atoms with E-state index in [0.717, 1.165) is 61.8 Å². The minimum atomic E-state index is -0.819. The van der Waals surface area contributed by atoms with Crippen LogP contribution in [-0.2, 0) is 20.8 Å². The molecule has 41 heavy (non-hydrogen) atoms. The number of aromatic nitrogens is 1. The maximum absolute atomic E-state index is 12.9. The highest BCUT2D eigenvalue weighted by molar-refractivity contribution is 14.1. The van der Waals surface area contributed by atoms with Crippen LogP contribution in [0.2, 0.25) is 0 Å². The molecule has 0 saturated heterocycles. The fourth-order valence-electron chi connectivity index (χ4n) is 8.03. The van der Waals surface area contributed by atoms with Crippen molar-refractivity contribution in [3.8, 4) is 0 Å². The molecule has 8 nitrogen and oxygen atoms in total. The summed E-state index contributed by atoms with van der Waals surface area (Å²) in [4.78, 5) is 37.6. The third-order valence-electron chi connectivity index (χ3n) is 9.66. The monoisotopic (exact) mass is 804 g/mol. The third-order valence-corrected chi connectivity index (χ3v) is 12.6. The summed E-state index contributed by atoms with van der Waals surface area (Å²) in [5.74, 6) is 0.885. The number of rotatable bonds is 8. The molecular weight excluding hydrogens is 766 g/mol. The number of aliphatic carboxylic acids is 1. The molecule has 1 aromatic heterocycles. The van der Waals surface area contributed by atoms with E-state index in [2.05, 4.69) is 73.6 Å². The topological polar surface area (TPSA) is 104 Å². The van der Waals surface area contributed by atoms with Crippen molar-refractivity contribution in [1.29, 1.82) is 0 Å². The van der Waals surface area contributed by atoms with E-state index in [-0.39, 0.29) is 11.3 Å². The summed E-state index contributed by atoms with van der Waals surface area (Å²) < 4.78 is 2.13. The first kappa shape index (κ1) is 31.1. The summed E-state index contributed by atoms with van der Waals surface area (Å²) >= 11 is 6.24. The predicted octanol–water partition coefficient (Wildman–Crippen LogP) is 6.85. The summed E-state index contributed by atoms with van der Waals surface area (Å²) in [5, 5.41) is 18.2. The van der Waals surface area contributed by atoms with Crippen molar-refractivity contribution in [3.63, 3.8) is 0 Å². The number of carboxylic acid groups (broad SMARTS) is 1. The lowest BCUT2D eigenvalue weighted by Gasteiger charge is -2.50. The number of likely N-dealkylation sites (N-methyl/N-ethyl adjacent to an activating group) is 1. The van der Waals surface area contributed by atoms with Gasteiger partial charge in [0.2, 0.25) is 5.91 Å². The molecule has 11 heteroatoms. The number of oxime groups is 1. The maximum atomic E-state index is 12.9. The van der Waals surface area contributed by atoms with Crippen LogP contribution in [0, 0.1) is 37.2 Å². The van der Waals surface area contributed by atoms with Crippen LogP contribution in [0.15, 0.2) is 17.4 Å². The van der Waals surface area contributed by atoms with Crippen molar-refractivity contribution in [3.05, 3.63) is 41.0 Å². The van der Waals surface area contributed by atoms with Gasteiger partial charge in [-0.1, -0.05) is 12.1 Å². The lowest BCUT2D eigenvalue weighted by atomic mass is 9.54. The number of thiazole rings is 1. The first-order valence-corrected chi connectivity index (χ1v) is 17.2. The Kier molecular flexibility index (Phi) is 9.37. The number of benzene rings is 1. The van der Waals surface area contributed by atoms with Crippen LogP contribution in [0.3, 0.4) is 0 Å². The molecule has 0 bridgehead atoms. The van der Waals surface area contributed by atoms with Gasteiger partial charge in [-0.2, -0.15) is 0 Å². The summed E-state index contributed by atoms with van der Waals surface area (Å²) in [6, 6.07) is 1.61. The van der Waals surface area contributed by atoms with Gasteiger partial charge in [0.05, 0.1) is 5.71 Å². The van der Waals surface area contributed by atoms with E-state index in [9.17, 15) is 14.7 Å². The van der Waals surface area contributed by atoms with E-state index in [1.54, 1.807) is 18.2 Å². The molecule has 1 aromatic carbocycles. The van der Waals surface area contributed by atoms with Gasteiger partial charge in [-0.05, 0) is 146 Å². The van der Waals surface area contributed by atoms with Gasteiger partial charge in [-0.25, -0.2) is 4.98 Å². The van der Waals surface area contributed by atoms with Crippen LogP contribution in [-0.4, -0.2) is 53.8 Å². The number of aryl methyl sites for hydroxylation is 1. The van der Waals surface area contributed by atoms with Crippen LogP contribution in [0.1, 0.15) is 79.0 Å². The van der Waals surface area contributed by atoms with Crippen LogP contribution in [0.25, 0.3) is 0 Å². The van der Waals surface area contributed by atoms with E-state index in [0.29, 0.717) is 35.2 Å². The number of amides is 1. The van der Waals surface area contributed by atoms with E-state index in [1.807, 2.05) is 21.0 Å². The number of carboxylic acids is 1. The minimum absolute atomic E-state index is 0.0186. The first-order chi connectivity index (χ1) is 19.5. The summed E-state index contributed by atoms with van der Waals surface area (Å²) in [7, 11) is 5.30. The summed E-state index contributed by atoms with van der Waals surface area (Å²) in [6.07, 6.45) is 8.04. The number of hydrogen-bond acceptors (Lipinski definition) is 7. The van der Waals surface area contributed by atoms with Gasteiger partial charge < -0.3 is 15.3 Å². The second-order valence-electron chi connectivity index (χ2n) is 12.2. The molecule has 4 unspecified atom stereocenters. The number of anilines is 1. The highest BCUT2D eigenvalue weighted by atomic mass is 127. The molecule has 2 fully saturated rings. The quantitative estimate of drug-likeness (QED) is 0.224. The molecule has 0 aliphatic heterocycles. The Morgan fingerprint density at radius 2 is 2.10 bits per heavy atom. The Morgan fingerprint density at radius 3 is 2.73 bits per heavy atom. The standard InChI is InChI=1S/C30H38I2N4O4S/c1-15-14-33-29(41-15)34-23(37)9-6-16-12-22(35-40-5)30(2)11-10-17-18(25(16)30)7-8-19-20(17)13-21(31)24(26(19)32)27(28(38)39)36(3)4/h13-14,16-18,25,27H,6-12H2,1-5H3,(H,38,39)(H,33,34,37)/t16-,17?,18?,25?,27?,30-/m1/s1. The second kappa shape index (κ2) is 12.4. The lowest BCUT2D eigenvalue weighted by Crippen LogP contribution is -2.44. The van der Waals surface area contributed by atoms with Gasteiger partial charge in [-0.15, -0.1) is 11.3 Å². The average molecular weight is 805 g/mol. The molecule has 2 saturated carbocycles. The normalized spacial score (nSPS) is 28.6. The molecule has 1 amide bonds. The van der Waals surface area contributed by atoms with Crippen molar-refractivity contribution >= 4 is 79.2 Å². The maximum Gasteiger partial charge on any atom is 0.325 e. The minimum Gasteiger partial charge on any atom is -0.480 e. The number of nitrogens with one attached hydrogen (secondary N) is 1. The lowest BCUT2D eigenvalue weighted by molar-refractivity contribution is -0.142. The van der Waals surface area contributed by atoms with Gasteiger partial charge in [0, 0.05) is 35.6 Å². The number of carbonyl (C=O) groups excluding carboxylic acids is 1. The SMILES string of the molecule is CON=C1C[C@@H](CCC(=O)Nc2ncc(C)s2)C2C3CCc4c(cc(I)c(C(C(=O)O)N(C)C)c4I)C3CC[C@]12C. The highest BCUT2D eigenvalue weighted by Crippen LogP contribution is 2.63. The average Bonchev–Trinajstić information content (AvgIpc) is 3.44. The summed E-state index contributed by atoms with van der Waals surface area (Å²) in [6.45, 7) is 4.35. The van der Waals surface area contributed by atoms with Gasteiger partial charge in [0.25, 0.3) is 0 Å². The van der Waals surface area contributed by atoms with Crippen molar-refractivity contribution < 1.29 is 19.5 Å². The van der Waals surface area contributed by atoms with E-state index in [1.165, 1.54) is 22.5 Å². The fraction of sp³-hybridized carbons (Fsp3) is 0.600. The number of nitrogens with zero attached hydrogens (tertiary/aromatic N) is 3. The Hall–Kier alpha value is -1.32. The van der Waals surface area contributed by atoms with Gasteiger partial charge in [0.1, 0.15) is 13.2 Å². The summed E-state index contributed by atoms with van der Waals surface area (Å²) in [5.41, 5.74) is 4.75. The van der Waals surface area contributed by atoms with Crippen LogP contribution in [0.4, 0.5) is 5.13 Å². The van der Waals surface area contributed by atoms with E-state index in [4.69, 9.17) is 4.84 Å². The number of hydrogen-bond donors (Lipinski definition) is 2. The molecule has 5 rings (SSSR count). The van der Waals surface area contributed by atoms with Crippen LogP contribution >= 0.6 is 56.5 Å². The van der Waals surface area contributed by atoms with Crippen molar-refractivity contribution in [2.24, 2.45) is 28.3 Å². The van der Waals surface area contributed by atoms with Gasteiger partial charge in [-0.3, -0.25) is 14.5 Å². The zero-order valence-electron chi connectivity index (χ0n) is 24.2. The Labute approximate surface area is 273 Å².